The molecular formula is C36H73NO9Si4. The normalized spacial score (nSPS) is 15.8. The van der Waals surface area contributed by atoms with Gasteiger partial charge >= 0.3 is 26.7 Å². The summed E-state index contributed by atoms with van der Waals surface area (Å²) in [7, 11) is -9.25. The quantitative estimate of drug-likeness (QED) is 0.0428. The summed E-state index contributed by atoms with van der Waals surface area (Å²) in [6, 6.07) is 2.63. The van der Waals surface area contributed by atoms with Crippen LogP contribution in [0.4, 0.5) is 0 Å². The number of rotatable bonds is 23. The van der Waals surface area contributed by atoms with Gasteiger partial charge in [-0.15, -0.1) is 0 Å². The second-order valence-electron chi connectivity index (χ2n) is 18.6. The number of nitriles is 1. The Morgan fingerprint density at radius 2 is 1.22 bits per heavy atom. The lowest BCUT2D eigenvalue weighted by Crippen LogP contribution is -2.60. The molecule has 0 aliphatic heterocycles. The fraction of sp³-hybridized carbons (Fsp3) is 0.889. The lowest BCUT2D eigenvalue weighted by atomic mass is 9.74. The SMILES string of the molecule is CCCCCCC(C)OC(=O)C(C)(C#N)CC(CC(C)(C)C(=O)OCCC[Si](O[Si](C)(C)C)(O[Si](C)(C)C)O[Si](C)(C)C)C(=O)OC(C)(C)C. The fourth-order valence-corrected chi connectivity index (χ4v) is 20.1. The maximum atomic E-state index is 13.6. The first-order valence-electron chi connectivity index (χ1n) is 18.5. The molecule has 292 valence electrons. The van der Waals surface area contributed by atoms with Crippen LogP contribution in [0.3, 0.4) is 0 Å². The van der Waals surface area contributed by atoms with Crippen LogP contribution in [0.15, 0.2) is 0 Å². The summed E-state index contributed by atoms with van der Waals surface area (Å²) in [6.45, 7) is 33.4. The topological polar surface area (TPSA) is 130 Å². The molecule has 0 aromatic rings. The van der Waals surface area contributed by atoms with Crippen LogP contribution in [0.1, 0.15) is 107 Å². The molecule has 0 saturated carbocycles. The third-order valence-electron chi connectivity index (χ3n) is 7.42. The Hall–Kier alpha value is -1.35. The lowest BCUT2D eigenvalue weighted by Gasteiger charge is -2.42. The average Bonchev–Trinajstić information content (AvgIpc) is 2.88. The van der Waals surface area contributed by atoms with Gasteiger partial charge in [-0.1, -0.05) is 26.2 Å². The van der Waals surface area contributed by atoms with Crippen LogP contribution in [0.25, 0.3) is 0 Å². The predicted octanol–water partition coefficient (Wildman–Crippen LogP) is 9.61. The van der Waals surface area contributed by atoms with Gasteiger partial charge in [0.15, 0.2) is 30.4 Å². The minimum atomic E-state index is -3.09. The molecule has 0 amide bonds. The molecule has 0 bridgehead atoms. The monoisotopic (exact) mass is 775 g/mol. The largest absolute Gasteiger partial charge is 0.469 e. The molecule has 50 heavy (non-hydrogen) atoms. The fourth-order valence-electron chi connectivity index (χ4n) is 5.48. The van der Waals surface area contributed by atoms with Crippen molar-refractivity contribution in [3.8, 4) is 6.07 Å². The highest BCUT2D eigenvalue weighted by molar-refractivity contribution is 6.90. The van der Waals surface area contributed by atoms with Crippen molar-refractivity contribution in [2.24, 2.45) is 16.7 Å². The van der Waals surface area contributed by atoms with E-state index in [9.17, 15) is 19.6 Å². The highest BCUT2D eigenvalue weighted by Gasteiger charge is 2.50. The second-order valence-corrected chi connectivity index (χ2v) is 35.6. The van der Waals surface area contributed by atoms with E-state index >= 15 is 0 Å². The number of ether oxygens (including phenoxy) is 3. The minimum Gasteiger partial charge on any atom is -0.465 e. The minimum absolute atomic E-state index is 0.0206. The summed E-state index contributed by atoms with van der Waals surface area (Å²) < 4.78 is 37.5. The summed E-state index contributed by atoms with van der Waals surface area (Å²) in [5.41, 5.74) is -3.54. The van der Waals surface area contributed by atoms with Crippen LogP contribution in [-0.2, 0) is 40.9 Å². The molecule has 3 unspecified atom stereocenters. The number of esters is 3. The predicted molar refractivity (Wildman–Crippen MR) is 210 cm³/mol. The van der Waals surface area contributed by atoms with Crippen LogP contribution in [0.5, 0.6) is 0 Å². The molecule has 0 aliphatic carbocycles. The Balaban J connectivity index is 5.98. The molecule has 0 N–H and O–H groups in total. The zero-order valence-electron chi connectivity index (χ0n) is 34.8. The van der Waals surface area contributed by atoms with Crippen LogP contribution >= 0.6 is 0 Å². The molecule has 0 rings (SSSR count). The van der Waals surface area contributed by atoms with Crippen molar-refractivity contribution in [1.82, 2.24) is 0 Å². The molecule has 0 radical (unpaired) electrons. The van der Waals surface area contributed by atoms with Crippen molar-refractivity contribution in [2.75, 3.05) is 6.61 Å². The third-order valence-corrected chi connectivity index (χ3v) is 19.5. The average molecular weight is 776 g/mol. The zero-order chi connectivity index (χ0) is 39.4. The van der Waals surface area contributed by atoms with Gasteiger partial charge in [-0.2, -0.15) is 5.26 Å². The van der Waals surface area contributed by atoms with E-state index in [1.165, 1.54) is 6.92 Å². The summed E-state index contributed by atoms with van der Waals surface area (Å²) in [4.78, 5) is 40.5. The summed E-state index contributed by atoms with van der Waals surface area (Å²) in [5, 5.41) is 10.2. The van der Waals surface area contributed by atoms with Crippen molar-refractivity contribution < 1.29 is 40.9 Å². The van der Waals surface area contributed by atoms with E-state index in [0.29, 0.717) is 18.9 Å². The third kappa shape index (κ3) is 20.6. The van der Waals surface area contributed by atoms with Gasteiger partial charge in [0.05, 0.1) is 30.1 Å². The van der Waals surface area contributed by atoms with Crippen molar-refractivity contribution in [1.29, 1.82) is 5.26 Å². The van der Waals surface area contributed by atoms with E-state index in [0.717, 1.165) is 25.7 Å². The molecule has 0 heterocycles. The van der Waals surface area contributed by atoms with Gasteiger partial charge in [0.2, 0.25) is 0 Å². The van der Waals surface area contributed by atoms with Crippen molar-refractivity contribution in [3.63, 3.8) is 0 Å². The highest BCUT2D eigenvalue weighted by Crippen LogP contribution is 2.37. The molecule has 14 heteroatoms. The highest BCUT2D eigenvalue weighted by atomic mass is 28.5. The number of unbranched alkanes of at least 4 members (excludes halogenated alkanes) is 3. The Morgan fingerprint density at radius 1 is 0.720 bits per heavy atom. The Bertz CT molecular complexity index is 1090. The first-order chi connectivity index (χ1) is 22.4. The van der Waals surface area contributed by atoms with E-state index in [2.05, 4.69) is 71.9 Å². The first kappa shape index (κ1) is 48.6. The van der Waals surface area contributed by atoms with Gasteiger partial charge in [-0.25, -0.2) is 0 Å². The molecule has 3 atom stereocenters. The summed E-state index contributed by atoms with van der Waals surface area (Å²) >= 11 is 0. The van der Waals surface area contributed by atoms with E-state index in [-0.39, 0.29) is 25.6 Å². The molecule has 0 aliphatic rings. The van der Waals surface area contributed by atoms with Crippen molar-refractivity contribution >= 4 is 51.7 Å². The van der Waals surface area contributed by atoms with E-state index in [1.54, 1.807) is 34.6 Å². The van der Waals surface area contributed by atoms with Gasteiger partial charge in [-0.05, 0) is 139 Å². The molecule has 10 nitrogen and oxygen atoms in total. The second kappa shape index (κ2) is 19.6. The van der Waals surface area contributed by atoms with Crippen molar-refractivity contribution in [3.05, 3.63) is 0 Å². The number of carbonyl (C=O) groups is 3. The van der Waals surface area contributed by atoms with Crippen LogP contribution in [-0.4, -0.2) is 70.0 Å². The molecule has 0 fully saturated rings. The van der Waals surface area contributed by atoms with E-state index in [1.807, 2.05) is 6.92 Å². The molecule has 0 spiro atoms. The van der Waals surface area contributed by atoms with Gasteiger partial charge in [-0.3, -0.25) is 14.4 Å². The zero-order valence-corrected chi connectivity index (χ0v) is 38.8. The number of hydrogen-bond donors (Lipinski definition) is 0. The lowest BCUT2D eigenvalue weighted by molar-refractivity contribution is -0.167. The van der Waals surface area contributed by atoms with Crippen LogP contribution in [0, 0.1) is 28.1 Å². The van der Waals surface area contributed by atoms with Crippen molar-refractivity contribution in [2.45, 2.75) is 183 Å². The van der Waals surface area contributed by atoms with Gasteiger partial charge in [0.1, 0.15) is 5.60 Å². The van der Waals surface area contributed by atoms with Gasteiger partial charge in [0, 0.05) is 6.04 Å². The maximum absolute atomic E-state index is 13.6. The Labute approximate surface area is 309 Å². The number of hydrogen-bond acceptors (Lipinski definition) is 10. The summed E-state index contributed by atoms with van der Waals surface area (Å²) in [6.07, 6.45) is 4.90. The molecule has 0 saturated heterocycles. The molecule has 0 aromatic carbocycles. The number of carbonyl (C=O) groups excluding carboxylic acids is 3. The van der Waals surface area contributed by atoms with E-state index < -0.39 is 74.0 Å². The standard InChI is InChI=1S/C36H73NO9Si4/c1-18-19-20-21-23-29(2)42-33(40)36(8,28-37)27-30(31(38)43-34(3,4)5)26-35(6,7)32(39)41-24-22-25-50(44-47(9,10)11,45-48(12,13)14)46-49(15,16)17/h29-30H,18-27H2,1-17H3. The van der Waals surface area contributed by atoms with Gasteiger partial charge < -0.3 is 26.6 Å². The van der Waals surface area contributed by atoms with Crippen LogP contribution < -0.4 is 0 Å². The molecule has 0 aromatic heterocycles. The Kier molecular flexibility index (Phi) is 19.1. The van der Waals surface area contributed by atoms with Crippen LogP contribution in [0.2, 0.25) is 65.0 Å². The maximum Gasteiger partial charge on any atom is 0.469 e. The summed E-state index contributed by atoms with van der Waals surface area (Å²) in [5.74, 6) is -2.67. The first-order valence-corrected chi connectivity index (χ1v) is 30.7. The molecular weight excluding hydrogens is 703 g/mol. The Morgan fingerprint density at radius 3 is 1.64 bits per heavy atom. The smallest absolute Gasteiger partial charge is 0.465 e. The van der Waals surface area contributed by atoms with E-state index in [4.69, 9.17) is 26.6 Å². The number of nitrogens with zero attached hydrogens (tertiary/aromatic N) is 1. The van der Waals surface area contributed by atoms with Gasteiger partial charge in [0.25, 0.3) is 0 Å².